The first kappa shape index (κ1) is 14.5. The molecule has 0 radical (unpaired) electrons. The summed E-state index contributed by atoms with van der Waals surface area (Å²) in [7, 11) is 7.34. The Morgan fingerprint density at radius 2 is 2.10 bits per heavy atom. The molecule has 0 aromatic carbocycles. The Balaban J connectivity index is 2.12. The minimum absolute atomic E-state index is 0.0170. The topological polar surface area (TPSA) is 61.8 Å². The first-order valence-electron chi connectivity index (χ1n) is 6.56. The van der Waals surface area contributed by atoms with Crippen molar-refractivity contribution in [2.45, 2.75) is 6.10 Å². The van der Waals surface area contributed by atoms with Gasteiger partial charge >= 0.3 is 0 Å². The second-order valence-electron chi connectivity index (χ2n) is 5.17. The van der Waals surface area contributed by atoms with Crippen LogP contribution in [0.5, 0.6) is 0 Å². The molecule has 1 aliphatic heterocycles. The Labute approximate surface area is 119 Å². The molecule has 0 aliphatic carbocycles. The van der Waals surface area contributed by atoms with Crippen LogP contribution in [0.15, 0.2) is 12.4 Å². The molecule has 0 spiro atoms. The zero-order valence-electron chi connectivity index (χ0n) is 12.4. The second kappa shape index (κ2) is 6.04. The van der Waals surface area contributed by atoms with E-state index in [0.717, 1.165) is 18.2 Å². The number of nitrogens with zero attached hydrogens (tertiary/aromatic N) is 5. The van der Waals surface area contributed by atoms with Gasteiger partial charge in [0.1, 0.15) is 18.0 Å². The summed E-state index contributed by atoms with van der Waals surface area (Å²) in [6, 6.07) is 1.92. The van der Waals surface area contributed by atoms with Crippen LogP contribution in [0, 0.1) is 0 Å². The highest BCUT2D eigenvalue weighted by Gasteiger charge is 2.28. The molecule has 7 nitrogen and oxygen atoms in total. The Bertz CT molecular complexity index is 478. The van der Waals surface area contributed by atoms with E-state index in [-0.39, 0.29) is 5.91 Å². The summed E-state index contributed by atoms with van der Waals surface area (Å²) in [4.78, 5) is 26.0. The monoisotopic (exact) mass is 279 g/mol. The van der Waals surface area contributed by atoms with Crippen LogP contribution in [0.2, 0.25) is 0 Å². The summed E-state index contributed by atoms with van der Waals surface area (Å²) in [6.45, 7) is 1.76. The summed E-state index contributed by atoms with van der Waals surface area (Å²) < 4.78 is 5.54. The molecule has 1 aromatic heterocycles. The Morgan fingerprint density at radius 3 is 2.75 bits per heavy atom. The maximum atomic E-state index is 12.0. The standard InChI is InChI=1S/C13H21N5O2/c1-16(2)11-7-12(15-9-14-11)18-5-6-20-10(8-18)13(19)17(3)4/h7,9-10H,5-6,8H2,1-4H3. The van der Waals surface area contributed by atoms with Crippen LogP contribution in [0.1, 0.15) is 0 Å². The number of hydrogen-bond donors (Lipinski definition) is 0. The minimum Gasteiger partial charge on any atom is -0.365 e. The van der Waals surface area contributed by atoms with Gasteiger partial charge in [-0.2, -0.15) is 0 Å². The number of anilines is 2. The third kappa shape index (κ3) is 3.16. The SMILES string of the molecule is CN(C)C(=O)C1CN(c2cc(N(C)C)ncn2)CCO1. The summed E-state index contributed by atoms with van der Waals surface area (Å²) in [6.07, 6.45) is 1.11. The molecule has 1 aromatic rings. The van der Waals surface area contributed by atoms with Crippen LogP contribution in [-0.2, 0) is 9.53 Å². The zero-order valence-corrected chi connectivity index (χ0v) is 12.4. The fraction of sp³-hybridized carbons (Fsp3) is 0.615. The van der Waals surface area contributed by atoms with Crippen LogP contribution in [0.3, 0.4) is 0 Å². The molecule has 0 N–H and O–H groups in total. The molecule has 1 amide bonds. The lowest BCUT2D eigenvalue weighted by Crippen LogP contribution is -2.49. The van der Waals surface area contributed by atoms with Gasteiger partial charge in [-0.3, -0.25) is 4.79 Å². The summed E-state index contributed by atoms with van der Waals surface area (Å²) in [5, 5.41) is 0. The van der Waals surface area contributed by atoms with E-state index < -0.39 is 6.10 Å². The van der Waals surface area contributed by atoms with E-state index >= 15 is 0 Å². The fourth-order valence-corrected chi connectivity index (χ4v) is 2.05. The lowest BCUT2D eigenvalue weighted by molar-refractivity contribution is -0.141. The van der Waals surface area contributed by atoms with Gasteiger partial charge in [0.15, 0.2) is 6.10 Å². The number of morpholine rings is 1. The molecule has 1 aliphatic rings. The predicted molar refractivity (Wildman–Crippen MR) is 77.0 cm³/mol. The van der Waals surface area contributed by atoms with Gasteiger partial charge in [0, 0.05) is 40.8 Å². The normalized spacial score (nSPS) is 18.8. The Morgan fingerprint density at radius 1 is 1.35 bits per heavy atom. The third-order valence-electron chi connectivity index (χ3n) is 3.20. The first-order chi connectivity index (χ1) is 9.49. The van der Waals surface area contributed by atoms with Crippen LogP contribution < -0.4 is 9.80 Å². The van der Waals surface area contributed by atoms with Gasteiger partial charge in [-0.05, 0) is 0 Å². The third-order valence-corrected chi connectivity index (χ3v) is 3.20. The smallest absolute Gasteiger partial charge is 0.253 e. The highest BCUT2D eigenvalue weighted by Crippen LogP contribution is 2.19. The molecule has 1 unspecified atom stereocenters. The van der Waals surface area contributed by atoms with Crippen LogP contribution in [-0.4, -0.2) is 74.8 Å². The van der Waals surface area contributed by atoms with Crippen molar-refractivity contribution in [3.63, 3.8) is 0 Å². The van der Waals surface area contributed by atoms with Gasteiger partial charge in [0.05, 0.1) is 13.2 Å². The lowest BCUT2D eigenvalue weighted by Gasteiger charge is -2.34. The van der Waals surface area contributed by atoms with E-state index in [4.69, 9.17) is 4.74 Å². The number of amides is 1. The molecular formula is C13H21N5O2. The van der Waals surface area contributed by atoms with E-state index in [2.05, 4.69) is 14.9 Å². The van der Waals surface area contributed by atoms with Crippen LogP contribution >= 0.6 is 0 Å². The highest BCUT2D eigenvalue weighted by atomic mass is 16.5. The van der Waals surface area contributed by atoms with Gasteiger partial charge in [-0.15, -0.1) is 0 Å². The average Bonchev–Trinajstić information content (AvgIpc) is 2.46. The molecule has 20 heavy (non-hydrogen) atoms. The molecule has 0 bridgehead atoms. The number of hydrogen-bond acceptors (Lipinski definition) is 6. The van der Waals surface area contributed by atoms with E-state index in [9.17, 15) is 4.79 Å². The van der Waals surface area contributed by atoms with Crippen LogP contribution in [0.4, 0.5) is 11.6 Å². The maximum absolute atomic E-state index is 12.0. The second-order valence-corrected chi connectivity index (χ2v) is 5.17. The summed E-state index contributed by atoms with van der Waals surface area (Å²) in [5.41, 5.74) is 0. The van der Waals surface area contributed by atoms with Crippen molar-refractivity contribution in [2.24, 2.45) is 0 Å². The van der Waals surface area contributed by atoms with Crippen molar-refractivity contribution in [1.82, 2.24) is 14.9 Å². The van der Waals surface area contributed by atoms with Gasteiger partial charge in [-0.25, -0.2) is 9.97 Å². The Hall–Kier alpha value is -1.89. The highest BCUT2D eigenvalue weighted by molar-refractivity contribution is 5.81. The maximum Gasteiger partial charge on any atom is 0.253 e. The van der Waals surface area contributed by atoms with E-state index in [1.165, 1.54) is 0 Å². The van der Waals surface area contributed by atoms with E-state index in [1.807, 2.05) is 25.1 Å². The predicted octanol–water partition coefficient (Wildman–Crippen LogP) is -0.164. The fourth-order valence-electron chi connectivity index (χ4n) is 2.05. The average molecular weight is 279 g/mol. The van der Waals surface area contributed by atoms with Crippen molar-refractivity contribution in [1.29, 1.82) is 0 Å². The number of rotatable bonds is 3. The van der Waals surface area contributed by atoms with E-state index in [1.54, 1.807) is 25.3 Å². The van der Waals surface area contributed by atoms with Gasteiger partial charge in [0.2, 0.25) is 0 Å². The zero-order chi connectivity index (χ0) is 14.7. The molecule has 1 fully saturated rings. The minimum atomic E-state index is -0.434. The van der Waals surface area contributed by atoms with Crippen LogP contribution in [0.25, 0.3) is 0 Å². The molecule has 7 heteroatoms. The quantitative estimate of drug-likeness (QED) is 0.766. The van der Waals surface area contributed by atoms with Crippen molar-refractivity contribution < 1.29 is 9.53 Å². The molecule has 1 saturated heterocycles. The largest absolute Gasteiger partial charge is 0.365 e. The number of carbonyl (C=O) groups excluding carboxylic acids is 1. The number of likely N-dealkylation sites (N-methyl/N-ethyl adjacent to an activating group) is 1. The van der Waals surface area contributed by atoms with Crippen molar-refractivity contribution in [2.75, 3.05) is 57.7 Å². The number of aromatic nitrogens is 2. The van der Waals surface area contributed by atoms with Crippen molar-refractivity contribution in [3.05, 3.63) is 12.4 Å². The molecular weight excluding hydrogens is 258 g/mol. The lowest BCUT2D eigenvalue weighted by atomic mass is 10.2. The van der Waals surface area contributed by atoms with Gasteiger partial charge in [-0.1, -0.05) is 0 Å². The molecule has 110 valence electrons. The van der Waals surface area contributed by atoms with Gasteiger partial charge < -0.3 is 19.4 Å². The first-order valence-corrected chi connectivity index (χ1v) is 6.56. The van der Waals surface area contributed by atoms with Crippen molar-refractivity contribution in [3.8, 4) is 0 Å². The molecule has 0 saturated carbocycles. The summed E-state index contributed by atoms with van der Waals surface area (Å²) >= 11 is 0. The molecule has 2 rings (SSSR count). The Kier molecular flexibility index (Phi) is 4.39. The van der Waals surface area contributed by atoms with E-state index in [0.29, 0.717) is 13.2 Å². The van der Waals surface area contributed by atoms with Crippen molar-refractivity contribution >= 4 is 17.5 Å². The molecule has 1 atom stereocenters. The molecule has 2 heterocycles. The van der Waals surface area contributed by atoms with Gasteiger partial charge in [0.25, 0.3) is 5.91 Å². The number of ether oxygens (including phenoxy) is 1. The number of carbonyl (C=O) groups is 1. The summed E-state index contributed by atoms with van der Waals surface area (Å²) in [5.74, 6) is 1.65.